The van der Waals surface area contributed by atoms with Gasteiger partial charge in [0, 0.05) is 17.5 Å². The number of nitrogens with zero attached hydrogens (tertiary/aromatic N) is 1. The third kappa shape index (κ3) is 2.30. The van der Waals surface area contributed by atoms with Crippen LogP contribution in [0, 0.1) is 0 Å². The standard InChI is InChI=1S/C16H17N3OS2/c1-10(20)17-15-18-14-13(22-15)16(8-4-5-9-16)19-11-6-2-3-7-12(11)21-14/h2-3,6-7,19H,4-5,8-9H2,1H3,(H,17,18,20). The Balaban J connectivity index is 1.84. The lowest BCUT2D eigenvalue weighted by Gasteiger charge is -2.29. The van der Waals surface area contributed by atoms with E-state index in [4.69, 9.17) is 0 Å². The normalized spacial score (nSPS) is 18.2. The molecule has 0 radical (unpaired) electrons. The first-order valence-corrected chi connectivity index (χ1v) is 9.14. The van der Waals surface area contributed by atoms with Crippen LogP contribution in [0.15, 0.2) is 34.2 Å². The second-order valence-electron chi connectivity index (χ2n) is 5.85. The first-order chi connectivity index (χ1) is 10.7. The average molecular weight is 331 g/mol. The Hall–Kier alpha value is -1.53. The molecule has 114 valence electrons. The number of nitrogens with one attached hydrogen (secondary N) is 2. The van der Waals surface area contributed by atoms with Gasteiger partial charge in [-0.25, -0.2) is 4.98 Å². The molecular formula is C16H17N3OS2. The number of hydrogen-bond acceptors (Lipinski definition) is 5. The Morgan fingerprint density at radius 2 is 2.09 bits per heavy atom. The van der Waals surface area contributed by atoms with E-state index in [1.54, 1.807) is 23.1 Å². The number of anilines is 2. The van der Waals surface area contributed by atoms with Gasteiger partial charge in [0.15, 0.2) is 5.13 Å². The van der Waals surface area contributed by atoms with Crippen molar-refractivity contribution in [1.29, 1.82) is 0 Å². The summed E-state index contributed by atoms with van der Waals surface area (Å²) in [5.74, 6) is -0.0669. The van der Waals surface area contributed by atoms with Crippen LogP contribution >= 0.6 is 23.1 Å². The van der Waals surface area contributed by atoms with Gasteiger partial charge < -0.3 is 10.6 Å². The monoisotopic (exact) mass is 331 g/mol. The number of amides is 1. The van der Waals surface area contributed by atoms with Crippen LogP contribution in [-0.2, 0) is 10.3 Å². The number of para-hydroxylation sites is 1. The van der Waals surface area contributed by atoms with Crippen molar-refractivity contribution >= 4 is 39.8 Å². The predicted octanol–water partition coefficient (Wildman–Crippen LogP) is 4.45. The molecule has 2 aliphatic rings. The van der Waals surface area contributed by atoms with Crippen molar-refractivity contribution < 1.29 is 4.79 Å². The van der Waals surface area contributed by atoms with Crippen molar-refractivity contribution in [1.82, 2.24) is 4.98 Å². The maximum absolute atomic E-state index is 11.3. The highest BCUT2D eigenvalue weighted by molar-refractivity contribution is 7.99. The molecule has 1 amide bonds. The first kappa shape index (κ1) is 14.1. The van der Waals surface area contributed by atoms with E-state index in [0.717, 1.165) is 17.9 Å². The van der Waals surface area contributed by atoms with Gasteiger partial charge in [-0.15, -0.1) is 0 Å². The topological polar surface area (TPSA) is 54.0 Å². The second kappa shape index (κ2) is 5.28. The second-order valence-corrected chi connectivity index (χ2v) is 7.88. The molecule has 1 aliphatic carbocycles. The average Bonchev–Trinajstić information content (AvgIpc) is 3.06. The molecule has 6 heteroatoms. The Morgan fingerprint density at radius 3 is 2.86 bits per heavy atom. The zero-order chi connectivity index (χ0) is 15.2. The molecule has 1 fully saturated rings. The van der Waals surface area contributed by atoms with E-state index >= 15 is 0 Å². The van der Waals surface area contributed by atoms with Crippen molar-refractivity contribution in [3.63, 3.8) is 0 Å². The highest BCUT2D eigenvalue weighted by atomic mass is 32.2. The molecule has 1 aliphatic heterocycles. The minimum absolute atomic E-state index is 0.0245. The van der Waals surface area contributed by atoms with Gasteiger partial charge in [-0.3, -0.25) is 4.79 Å². The van der Waals surface area contributed by atoms with Crippen LogP contribution < -0.4 is 10.6 Å². The summed E-state index contributed by atoms with van der Waals surface area (Å²) in [5.41, 5.74) is 1.17. The Morgan fingerprint density at radius 1 is 1.32 bits per heavy atom. The molecule has 1 spiro atoms. The number of thiazole rings is 1. The van der Waals surface area contributed by atoms with Crippen LogP contribution in [0.5, 0.6) is 0 Å². The number of rotatable bonds is 1. The molecule has 2 aromatic rings. The largest absolute Gasteiger partial charge is 0.374 e. The Kier molecular flexibility index (Phi) is 3.38. The van der Waals surface area contributed by atoms with E-state index < -0.39 is 0 Å². The highest BCUT2D eigenvalue weighted by Gasteiger charge is 2.42. The Bertz CT molecular complexity index is 735. The number of fused-ring (bicyclic) bond motifs is 3. The number of benzene rings is 1. The minimum Gasteiger partial charge on any atom is -0.374 e. The van der Waals surface area contributed by atoms with Crippen LogP contribution in [0.3, 0.4) is 0 Å². The highest BCUT2D eigenvalue weighted by Crippen LogP contribution is 2.53. The summed E-state index contributed by atoms with van der Waals surface area (Å²) < 4.78 is 0. The molecule has 1 saturated carbocycles. The molecule has 1 aromatic heterocycles. The van der Waals surface area contributed by atoms with Crippen LogP contribution in [0.2, 0.25) is 0 Å². The lowest BCUT2D eigenvalue weighted by atomic mass is 9.95. The van der Waals surface area contributed by atoms with Crippen molar-refractivity contribution in [3.05, 3.63) is 29.1 Å². The van der Waals surface area contributed by atoms with E-state index in [-0.39, 0.29) is 11.4 Å². The van der Waals surface area contributed by atoms with Crippen molar-refractivity contribution in [2.24, 2.45) is 0 Å². The van der Waals surface area contributed by atoms with Gasteiger partial charge in [0.1, 0.15) is 5.03 Å². The molecule has 0 atom stereocenters. The summed E-state index contributed by atoms with van der Waals surface area (Å²) in [6.07, 6.45) is 4.70. The van der Waals surface area contributed by atoms with Crippen LogP contribution in [0.1, 0.15) is 37.5 Å². The van der Waals surface area contributed by atoms with Gasteiger partial charge in [0.2, 0.25) is 5.91 Å². The first-order valence-electron chi connectivity index (χ1n) is 7.50. The third-order valence-corrected chi connectivity index (χ3v) is 6.61. The van der Waals surface area contributed by atoms with E-state index in [9.17, 15) is 4.79 Å². The minimum atomic E-state index is -0.0669. The fourth-order valence-corrected chi connectivity index (χ4v) is 5.72. The zero-order valence-corrected chi connectivity index (χ0v) is 13.9. The number of hydrogen-bond donors (Lipinski definition) is 2. The van der Waals surface area contributed by atoms with Gasteiger partial charge in [-0.05, 0) is 25.0 Å². The predicted molar refractivity (Wildman–Crippen MR) is 90.8 cm³/mol. The van der Waals surface area contributed by atoms with Crippen molar-refractivity contribution in [2.45, 2.75) is 48.1 Å². The molecule has 0 unspecified atom stereocenters. The lowest BCUT2D eigenvalue weighted by molar-refractivity contribution is -0.114. The summed E-state index contributed by atoms with van der Waals surface area (Å²) in [6.45, 7) is 1.53. The summed E-state index contributed by atoms with van der Waals surface area (Å²) in [7, 11) is 0. The summed E-state index contributed by atoms with van der Waals surface area (Å²) in [5, 5.41) is 8.38. The van der Waals surface area contributed by atoms with E-state index in [2.05, 4.69) is 39.9 Å². The molecule has 0 bridgehead atoms. The molecule has 4 rings (SSSR count). The van der Waals surface area contributed by atoms with Gasteiger partial charge >= 0.3 is 0 Å². The lowest BCUT2D eigenvalue weighted by Crippen LogP contribution is -2.31. The number of carbonyl (C=O) groups excluding carboxylic acids is 1. The van der Waals surface area contributed by atoms with E-state index in [1.807, 2.05) is 0 Å². The fourth-order valence-electron chi connectivity index (χ4n) is 3.29. The summed E-state index contributed by atoms with van der Waals surface area (Å²) >= 11 is 3.31. The Labute approximate surface area is 137 Å². The molecule has 4 nitrogen and oxygen atoms in total. The molecular weight excluding hydrogens is 314 g/mol. The maximum Gasteiger partial charge on any atom is 0.223 e. The van der Waals surface area contributed by atoms with Gasteiger partial charge in [-0.2, -0.15) is 0 Å². The zero-order valence-electron chi connectivity index (χ0n) is 12.3. The quantitative estimate of drug-likeness (QED) is 0.811. The molecule has 0 saturated heterocycles. The van der Waals surface area contributed by atoms with E-state index in [0.29, 0.717) is 5.13 Å². The third-order valence-electron chi connectivity index (χ3n) is 4.24. The van der Waals surface area contributed by atoms with Gasteiger partial charge in [0.25, 0.3) is 0 Å². The number of carbonyl (C=O) groups is 1. The van der Waals surface area contributed by atoms with Gasteiger partial charge in [-0.1, -0.05) is 48.1 Å². The summed E-state index contributed by atoms with van der Waals surface area (Å²) in [6, 6.07) is 8.40. The van der Waals surface area contributed by atoms with E-state index in [1.165, 1.54) is 35.2 Å². The molecule has 1 aromatic carbocycles. The molecule has 2 N–H and O–H groups in total. The van der Waals surface area contributed by atoms with Crippen molar-refractivity contribution in [3.8, 4) is 0 Å². The smallest absolute Gasteiger partial charge is 0.223 e. The molecule has 2 heterocycles. The molecule has 22 heavy (non-hydrogen) atoms. The number of aromatic nitrogens is 1. The summed E-state index contributed by atoms with van der Waals surface area (Å²) in [4.78, 5) is 18.5. The van der Waals surface area contributed by atoms with Crippen LogP contribution in [0.4, 0.5) is 10.8 Å². The fraction of sp³-hybridized carbons (Fsp3) is 0.375. The van der Waals surface area contributed by atoms with Crippen LogP contribution in [-0.4, -0.2) is 10.9 Å². The van der Waals surface area contributed by atoms with Crippen molar-refractivity contribution in [2.75, 3.05) is 10.6 Å². The SMILES string of the molecule is CC(=O)Nc1nc2c(s1)C1(CCCC1)Nc1ccccc1S2. The van der Waals surface area contributed by atoms with Crippen LogP contribution in [0.25, 0.3) is 0 Å². The van der Waals surface area contributed by atoms with Gasteiger partial charge in [0.05, 0.1) is 10.4 Å². The maximum atomic E-state index is 11.3.